The Balaban J connectivity index is 2.15. The maximum absolute atomic E-state index is 12.2. The van der Waals surface area contributed by atoms with Crippen molar-refractivity contribution in [1.82, 2.24) is 15.5 Å². The monoisotopic (exact) mass is 316 g/mol. The van der Waals surface area contributed by atoms with Crippen LogP contribution in [0.3, 0.4) is 0 Å². The van der Waals surface area contributed by atoms with Crippen molar-refractivity contribution >= 4 is 26.5 Å². The van der Waals surface area contributed by atoms with E-state index >= 15 is 0 Å². The fourth-order valence-corrected chi connectivity index (χ4v) is 3.55. The van der Waals surface area contributed by atoms with Crippen molar-refractivity contribution in [2.75, 3.05) is 11.3 Å². The zero-order valence-corrected chi connectivity index (χ0v) is 12.8. The summed E-state index contributed by atoms with van der Waals surface area (Å²) in [5, 5.41) is 10.6. The Labute approximate surface area is 121 Å². The first-order valence-corrected chi connectivity index (χ1v) is 8.48. The van der Waals surface area contributed by atoms with Crippen LogP contribution in [0, 0.1) is 6.92 Å². The third-order valence-corrected chi connectivity index (χ3v) is 4.70. The smallest absolute Gasteiger partial charge is 0.267 e. The van der Waals surface area contributed by atoms with Crippen molar-refractivity contribution in [3.63, 3.8) is 0 Å². The molecule has 2 aromatic rings. The second-order valence-electron chi connectivity index (χ2n) is 4.16. The van der Waals surface area contributed by atoms with Crippen LogP contribution >= 0.6 is 11.3 Å². The first kappa shape index (κ1) is 14.9. The Bertz CT molecular complexity index is 649. The predicted molar refractivity (Wildman–Crippen MR) is 76.2 cm³/mol. The highest BCUT2D eigenvalue weighted by Gasteiger charge is 2.22. The molecule has 2 N–H and O–H groups in total. The maximum Gasteiger partial charge on any atom is 0.267 e. The third-order valence-electron chi connectivity index (χ3n) is 2.52. The molecule has 0 aliphatic heterocycles. The summed E-state index contributed by atoms with van der Waals surface area (Å²) in [4.78, 5) is 0.126. The molecule has 20 heavy (non-hydrogen) atoms. The minimum Gasteiger partial charge on any atom is -0.464 e. The molecule has 2 heterocycles. The Morgan fingerprint density at radius 3 is 2.90 bits per heavy atom. The molecule has 2 rings (SSSR count). The number of nitrogens with one attached hydrogen (secondary N) is 2. The van der Waals surface area contributed by atoms with Crippen molar-refractivity contribution in [1.29, 1.82) is 0 Å². The van der Waals surface area contributed by atoms with Crippen LogP contribution in [0.5, 0.6) is 0 Å². The molecule has 2 aromatic heterocycles. The first-order chi connectivity index (χ1) is 9.53. The van der Waals surface area contributed by atoms with Gasteiger partial charge in [0.05, 0.1) is 6.54 Å². The number of rotatable bonds is 7. The summed E-state index contributed by atoms with van der Waals surface area (Å²) in [5.41, 5.74) is 1.46. The van der Waals surface area contributed by atoms with Gasteiger partial charge in [-0.1, -0.05) is 18.3 Å². The average Bonchev–Trinajstić information content (AvgIpc) is 2.99. The van der Waals surface area contributed by atoms with E-state index in [4.69, 9.17) is 4.42 Å². The van der Waals surface area contributed by atoms with Crippen molar-refractivity contribution < 1.29 is 12.8 Å². The highest BCUT2D eigenvalue weighted by molar-refractivity contribution is 7.93. The number of furan rings is 1. The molecule has 0 spiro atoms. The van der Waals surface area contributed by atoms with Gasteiger partial charge in [0.15, 0.2) is 0 Å². The minimum absolute atomic E-state index is 0.126. The highest BCUT2D eigenvalue weighted by atomic mass is 32.2. The number of aryl methyl sites for hydroxylation is 1. The van der Waals surface area contributed by atoms with Gasteiger partial charge in [-0.25, -0.2) is 8.42 Å². The number of aromatic nitrogens is 2. The van der Waals surface area contributed by atoms with Crippen LogP contribution in [-0.2, 0) is 16.6 Å². The van der Waals surface area contributed by atoms with Crippen molar-refractivity contribution in [2.24, 2.45) is 0 Å². The van der Waals surface area contributed by atoms with Gasteiger partial charge in [0.25, 0.3) is 10.0 Å². The van der Waals surface area contributed by atoms with Gasteiger partial charge in [-0.2, -0.15) is 0 Å². The first-order valence-electron chi connectivity index (χ1n) is 6.12. The Morgan fingerprint density at radius 2 is 2.25 bits per heavy atom. The van der Waals surface area contributed by atoms with E-state index in [1.54, 1.807) is 6.92 Å². The largest absolute Gasteiger partial charge is 0.464 e. The number of anilines is 1. The normalized spacial score (nSPS) is 11.7. The molecule has 0 saturated heterocycles. The van der Waals surface area contributed by atoms with Crippen LogP contribution in [0.1, 0.15) is 24.9 Å². The Kier molecular flexibility index (Phi) is 4.73. The third kappa shape index (κ3) is 3.56. The fourth-order valence-electron chi connectivity index (χ4n) is 1.65. The summed E-state index contributed by atoms with van der Waals surface area (Å²) in [7, 11) is -3.69. The van der Waals surface area contributed by atoms with Gasteiger partial charge in [0, 0.05) is 6.07 Å². The second-order valence-corrected chi connectivity index (χ2v) is 6.64. The molecular formula is C11H16N4O3S2. The van der Waals surface area contributed by atoms with E-state index in [0.717, 1.165) is 24.3 Å². The molecule has 0 radical (unpaired) electrons. The summed E-state index contributed by atoms with van der Waals surface area (Å²) >= 11 is 1.12. The Morgan fingerprint density at radius 1 is 1.45 bits per heavy atom. The van der Waals surface area contributed by atoms with E-state index in [-0.39, 0.29) is 10.0 Å². The molecule has 0 saturated carbocycles. The molecule has 110 valence electrons. The summed E-state index contributed by atoms with van der Waals surface area (Å²) in [6, 6.07) is 1.53. The molecule has 0 atom stereocenters. The number of hydrogen-bond donors (Lipinski definition) is 2. The number of sulfonamides is 1. The van der Waals surface area contributed by atoms with Gasteiger partial charge in [-0.3, -0.25) is 4.72 Å². The molecule has 7 nitrogen and oxygen atoms in total. The number of nitrogens with zero attached hydrogens (tertiary/aromatic N) is 2. The van der Waals surface area contributed by atoms with Crippen molar-refractivity contribution in [3.8, 4) is 0 Å². The van der Waals surface area contributed by atoms with E-state index in [1.807, 2.05) is 0 Å². The van der Waals surface area contributed by atoms with Crippen LogP contribution in [0.4, 0.5) is 5.13 Å². The molecule has 0 aromatic carbocycles. The fraction of sp³-hybridized carbons (Fsp3) is 0.455. The van der Waals surface area contributed by atoms with Crippen molar-refractivity contribution in [2.45, 2.75) is 31.7 Å². The van der Waals surface area contributed by atoms with Gasteiger partial charge in [-0.05, 0) is 19.9 Å². The summed E-state index contributed by atoms with van der Waals surface area (Å²) in [5.74, 6) is 0.948. The zero-order valence-electron chi connectivity index (χ0n) is 11.2. The van der Waals surface area contributed by atoms with Crippen LogP contribution in [-0.4, -0.2) is 25.2 Å². The molecule has 0 aliphatic rings. The lowest BCUT2D eigenvalue weighted by molar-refractivity contribution is 0.457. The lowest BCUT2D eigenvalue weighted by Gasteiger charge is -2.01. The van der Waals surface area contributed by atoms with E-state index in [1.165, 1.54) is 11.6 Å². The molecule has 9 heteroatoms. The van der Waals surface area contributed by atoms with Crippen LogP contribution in [0.25, 0.3) is 0 Å². The van der Waals surface area contributed by atoms with Crippen LogP contribution < -0.4 is 10.0 Å². The van der Waals surface area contributed by atoms with E-state index in [0.29, 0.717) is 18.1 Å². The molecule has 0 unspecified atom stereocenters. The van der Waals surface area contributed by atoms with E-state index in [2.05, 4.69) is 27.2 Å². The standard InChI is InChI=1S/C11H16N4O3S2/c1-3-4-12-6-9-5-10(8(2)18-9)20(16,17)15-11-14-13-7-19-11/h5,7,12H,3-4,6H2,1-2H3,(H,14,15). The molecular weight excluding hydrogens is 300 g/mol. The van der Waals surface area contributed by atoms with Gasteiger partial charge in [-0.15, -0.1) is 10.2 Å². The van der Waals surface area contributed by atoms with Gasteiger partial charge in [0.1, 0.15) is 21.9 Å². The summed E-state index contributed by atoms with van der Waals surface area (Å²) in [6.45, 7) is 5.04. The summed E-state index contributed by atoms with van der Waals surface area (Å²) in [6.07, 6.45) is 1.00. The summed E-state index contributed by atoms with van der Waals surface area (Å²) < 4.78 is 32.2. The molecule has 0 bridgehead atoms. The van der Waals surface area contributed by atoms with E-state index < -0.39 is 10.0 Å². The van der Waals surface area contributed by atoms with Gasteiger partial charge in [0.2, 0.25) is 5.13 Å². The predicted octanol–water partition coefficient (Wildman–Crippen LogP) is 1.74. The molecule has 0 amide bonds. The van der Waals surface area contributed by atoms with E-state index in [9.17, 15) is 8.42 Å². The molecule has 0 fully saturated rings. The van der Waals surface area contributed by atoms with Crippen molar-refractivity contribution in [3.05, 3.63) is 23.1 Å². The highest BCUT2D eigenvalue weighted by Crippen LogP contribution is 2.23. The maximum atomic E-state index is 12.2. The minimum atomic E-state index is -3.69. The number of hydrogen-bond acceptors (Lipinski definition) is 7. The SMILES string of the molecule is CCCNCc1cc(S(=O)(=O)Nc2nncs2)c(C)o1. The zero-order chi connectivity index (χ0) is 14.6. The second kappa shape index (κ2) is 6.33. The van der Waals surface area contributed by atoms with Crippen LogP contribution in [0.2, 0.25) is 0 Å². The Hall–Kier alpha value is -1.45. The quantitative estimate of drug-likeness (QED) is 0.755. The van der Waals surface area contributed by atoms with Gasteiger partial charge < -0.3 is 9.73 Å². The van der Waals surface area contributed by atoms with Gasteiger partial charge >= 0.3 is 0 Å². The average molecular weight is 316 g/mol. The lowest BCUT2D eigenvalue weighted by atomic mass is 10.4. The molecule has 0 aliphatic carbocycles. The lowest BCUT2D eigenvalue weighted by Crippen LogP contribution is -2.14. The van der Waals surface area contributed by atoms with Crippen LogP contribution in [0.15, 0.2) is 20.9 Å². The topological polar surface area (TPSA) is 97.1 Å².